The van der Waals surface area contributed by atoms with Crippen LogP contribution >= 0.6 is 0 Å². The number of pyridine rings is 1. The maximum atomic E-state index is 4.69. The third-order valence-electron chi connectivity index (χ3n) is 3.97. The molecule has 0 bridgehead atoms. The first-order chi connectivity index (χ1) is 9.85. The Kier molecular flexibility index (Phi) is 5.22. The average molecular weight is 290 g/mol. The van der Waals surface area contributed by atoms with Crippen LogP contribution in [0, 0.1) is 0 Å². The summed E-state index contributed by atoms with van der Waals surface area (Å²) in [7, 11) is 2.20. The summed E-state index contributed by atoms with van der Waals surface area (Å²) in [6.45, 7) is 13.1. The highest BCUT2D eigenvalue weighted by Gasteiger charge is 2.20. The van der Waals surface area contributed by atoms with Crippen molar-refractivity contribution in [1.29, 1.82) is 0 Å². The lowest BCUT2D eigenvalue weighted by atomic mass is 10.1. The van der Waals surface area contributed by atoms with E-state index in [9.17, 15) is 0 Å². The van der Waals surface area contributed by atoms with Crippen LogP contribution in [0.2, 0.25) is 0 Å². The van der Waals surface area contributed by atoms with Crippen LogP contribution in [-0.4, -0.2) is 48.1 Å². The second-order valence-corrected chi connectivity index (χ2v) is 7.29. The molecule has 4 nitrogen and oxygen atoms in total. The standard InChI is InChI=1S/C17H30N4/c1-14-13-20(5)9-6-10-21(14)16-8-7-15(11-18-16)12-19-17(2,3)4/h7-8,11,14,19H,6,9-10,12-13H2,1-5H3. The van der Waals surface area contributed by atoms with E-state index in [0.717, 1.165) is 25.5 Å². The first-order valence-corrected chi connectivity index (χ1v) is 8.00. The molecule has 0 saturated carbocycles. The van der Waals surface area contributed by atoms with Crippen LogP contribution < -0.4 is 10.2 Å². The summed E-state index contributed by atoms with van der Waals surface area (Å²) < 4.78 is 0. The van der Waals surface area contributed by atoms with Gasteiger partial charge in [-0.1, -0.05) is 6.07 Å². The molecule has 0 amide bonds. The molecule has 2 heterocycles. The van der Waals surface area contributed by atoms with Crippen molar-refractivity contribution in [3.05, 3.63) is 23.9 Å². The van der Waals surface area contributed by atoms with Crippen LogP contribution in [0.5, 0.6) is 0 Å². The van der Waals surface area contributed by atoms with E-state index in [1.807, 2.05) is 6.20 Å². The normalized spacial score (nSPS) is 21.4. The van der Waals surface area contributed by atoms with Crippen LogP contribution in [0.15, 0.2) is 18.3 Å². The van der Waals surface area contributed by atoms with Gasteiger partial charge in [-0.3, -0.25) is 0 Å². The molecule has 0 radical (unpaired) electrons. The molecule has 1 aromatic rings. The molecular formula is C17H30N4. The van der Waals surface area contributed by atoms with Crippen molar-refractivity contribution in [2.45, 2.75) is 52.2 Å². The van der Waals surface area contributed by atoms with Gasteiger partial charge in [0.1, 0.15) is 5.82 Å². The van der Waals surface area contributed by atoms with E-state index in [1.54, 1.807) is 0 Å². The molecule has 1 N–H and O–H groups in total. The summed E-state index contributed by atoms with van der Waals surface area (Å²) in [5.74, 6) is 1.11. The second kappa shape index (κ2) is 6.75. The van der Waals surface area contributed by atoms with Crippen LogP contribution in [0.1, 0.15) is 39.7 Å². The van der Waals surface area contributed by atoms with Crippen LogP contribution in [0.3, 0.4) is 0 Å². The van der Waals surface area contributed by atoms with Gasteiger partial charge in [0, 0.05) is 37.4 Å². The minimum Gasteiger partial charge on any atom is -0.353 e. The van der Waals surface area contributed by atoms with Crippen LogP contribution in [-0.2, 0) is 6.54 Å². The number of nitrogens with one attached hydrogen (secondary N) is 1. The highest BCUT2D eigenvalue weighted by atomic mass is 15.3. The minimum absolute atomic E-state index is 0.141. The third kappa shape index (κ3) is 4.97. The van der Waals surface area contributed by atoms with Gasteiger partial charge < -0.3 is 15.1 Å². The molecule has 1 saturated heterocycles. The number of anilines is 1. The lowest BCUT2D eigenvalue weighted by molar-refractivity contribution is 0.337. The van der Waals surface area contributed by atoms with E-state index in [0.29, 0.717) is 6.04 Å². The number of hydrogen-bond acceptors (Lipinski definition) is 4. The first kappa shape index (κ1) is 16.2. The Balaban J connectivity index is 2.01. The molecule has 1 aliphatic heterocycles. The van der Waals surface area contributed by atoms with Crippen molar-refractivity contribution in [3.8, 4) is 0 Å². The number of hydrogen-bond donors (Lipinski definition) is 1. The fourth-order valence-corrected chi connectivity index (χ4v) is 2.77. The molecule has 1 aromatic heterocycles. The Bertz CT molecular complexity index is 435. The maximum absolute atomic E-state index is 4.69. The molecule has 0 aromatic carbocycles. The summed E-state index contributed by atoms with van der Waals surface area (Å²) in [6, 6.07) is 4.88. The number of rotatable bonds is 3. The second-order valence-electron chi connectivity index (χ2n) is 7.29. The number of aromatic nitrogens is 1. The third-order valence-corrected chi connectivity index (χ3v) is 3.97. The fourth-order valence-electron chi connectivity index (χ4n) is 2.77. The van der Waals surface area contributed by atoms with Gasteiger partial charge in [0.05, 0.1) is 0 Å². The SMILES string of the molecule is CC1CN(C)CCCN1c1ccc(CNC(C)(C)C)cn1. The van der Waals surface area contributed by atoms with Gasteiger partial charge in [-0.2, -0.15) is 0 Å². The summed E-state index contributed by atoms with van der Waals surface area (Å²) in [5.41, 5.74) is 1.39. The molecule has 0 aliphatic carbocycles. The van der Waals surface area contributed by atoms with Gasteiger partial charge >= 0.3 is 0 Å². The van der Waals surface area contributed by atoms with Crippen LogP contribution in [0.4, 0.5) is 5.82 Å². The fraction of sp³-hybridized carbons (Fsp3) is 0.706. The van der Waals surface area contributed by atoms with E-state index in [4.69, 9.17) is 0 Å². The van der Waals surface area contributed by atoms with Crippen LogP contribution in [0.25, 0.3) is 0 Å². The summed E-state index contributed by atoms with van der Waals surface area (Å²) in [6.07, 6.45) is 3.21. The van der Waals surface area contributed by atoms with Crippen molar-refractivity contribution >= 4 is 5.82 Å². The molecule has 118 valence electrons. The van der Waals surface area contributed by atoms with Crippen molar-refractivity contribution < 1.29 is 0 Å². The predicted octanol–water partition coefficient (Wildman–Crippen LogP) is 2.50. The molecule has 1 unspecified atom stereocenters. The van der Waals surface area contributed by atoms with Gasteiger partial charge in [-0.05, 0) is 59.3 Å². The highest BCUT2D eigenvalue weighted by molar-refractivity contribution is 5.40. The summed E-state index contributed by atoms with van der Waals surface area (Å²) in [5, 5.41) is 3.50. The van der Waals surface area contributed by atoms with E-state index in [2.05, 4.69) is 67.0 Å². The lowest BCUT2D eigenvalue weighted by Gasteiger charge is -2.29. The Morgan fingerprint density at radius 2 is 2.05 bits per heavy atom. The summed E-state index contributed by atoms with van der Waals surface area (Å²) >= 11 is 0. The Hall–Kier alpha value is -1.13. The number of likely N-dealkylation sites (N-methyl/N-ethyl adjacent to an activating group) is 1. The molecule has 1 atom stereocenters. The molecule has 1 aliphatic rings. The number of nitrogens with zero attached hydrogens (tertiary/aromatic N) is 3. The molecule has 4 heteroatoms. The Morgan fingerprint density at radius 1 is 1.29 bits per heavy atom. The van der Waals surface area contributed by atoms with Gasteiger partial charge in [-0.25, -0.2) is 4.98 Å². The molecule has 21 heavy (non-hydrogen) atoms. The topological polar surface area (TPSA) is 31.4 Å². The zero-order valence-corrected chi connectivity index (χ0v) is 14.2. The lowest BCUT2D eigenvalue weighted by Crippen LogP contribution is -2.38. The van der Waals surface area contributed by atoms with Gasteiger partial charge in [0.25, 0.3) is 0 Å². The van der Waals surface area contributed by atoms with Crippen molar-refractivity contribution in [2.24, 2.45) is 0 Å². The molecule has 2 rings (SSSR count). The van der Waals surface area contributed by atoms with Crippen molar-refractivity contribution in [2.75, 3.05) is 31.6 Å². The zero-order chi connectivity index (χ0) is 15.5. The monoisotopic (exact) mass is 290 g/mol. The largest absolute Gasteiger partial charge is 0.353 e. The Labute approximate surface area is 129 Å². The molecular weight excluding hydrogens is 260 g/mol. The van der Waals surface area contributed by atoms with Gasteiger partial charge in [0.15, 0.2) is 0 Å². The van der Waals surface area contributed by atoms with Crippen molar-refractivity contribution in [1.82, 2.24) is 15.2 Å². The zero-order valence-electron chi connectivity index (χ0n) is 14.2. The van der Waals surface area contributed by atoms with Gasteiger partial charge in [-0.15, -0.1) is 0 Å². The maximum Gasteiger partial charge on any atom is 0.128 e. The molecule has 0 spiro atoms. The smallest absolute Gasteiger partial charge is 0.128 e. The average Bonchev–Trinajstić information content (AvgIpc) is 2.57. The van der Waals surface area contributed by atoms with Gasteiger partial charge in [0.2, 0.25) is 0 Å². The first-order valence-electron chi connectivity index (χ1n) is 8.00. The minimum atomic E-state index is 0.141. The van der Waals surface area contributed by atoms with E-state index >= 15 is 0 Å². The summed E-state index contributed by atoms with van der Waals surface area (Å²) in [4.78, 5) is 9.53. The Morgan fingerprint density at radius 3 is 2.67 bits per heavy atom. The quantitative estimate of drug-likeness (QED) is 0.927. The van der Waals surface area contributed by atoms with E-state index in [-0.39, 0.29) is 5.54 Å². The van der Waals surface area contributed by atoms with E-state index in [1.165, 1.54) is 18.5 Å². The van der Waals surface area contributed by atoms with E-state index < -0.39 is 0 Å². The predicted molar refractivity (Wildman–Crippen MR) is 89.8 cm³/mol. The highest BCUT2D eigenvalue weighted by Crippen LogP contribution is 2.18. The van der Waals surface area contributed by atoms with Crippen molar-refractivity contribution in [3.63, 3.8) is 0 Å². The molecule has 1 fully saturated rings.